The minimum absolute atomic E-state index is 0.243. The second-order valence-corrected chi connectivity index (χ2v) is 4.69. The molecule has 1 saturated heterocycles. The van der Waals surface area contributed by atoms with Crippen LogP contribution in [0.25, 0.3) is 10.9 Å². The first-order valence-corrected chi connectivity index (χ1v) is 6.42. The molecule has 2 heterocycles. The summed E-state index contributed by atoms with van der Waals surface area (Å²) in [4.78, 5) is 40.8. The van der Waals surface area contributed by atoms with Gasteiger partial charge in [-0.15, -0.1) is 0 Å². The highest BCUT2D eigenvalue weighted by Gasteiger charge is 2.32. The zero-order valence-corrected chi connectivity index (χ0v) is 10.7. The lowest BCUT2D eigenvalue weighted by Gasteiger charge is -2.23. The number of piperidine rings is 1. The van der Waals surface area contributed by atoms with Gasteiger partial charge in [0.25, 0.3) is 5.91 Å². The van der Waals surface area contributed by atoms with E-state index in [1.165, 1.54) is 0 Å². The number of carbonyl (C=O) groups is 3. The summed E-state index contributed by atoms with van der Waals surface area (Å²) in [5.74, 6) is -1.39. The summed E-state index contributed by atoms with van der Waals surface area (Å²) in [5, 5.41) is 0.801. The van der Waals surface area contributed by atoms with Crippen LogP contribution in [0.15, 0.2) is 36.5 Å². The van der Waals surface area contributed by atoms with E-state index in [9.17, 15) is 14.4 Å². The smallest absolute Gasteiger partial charge is 0.267 e. The van der Waals surface area contributed by atoms with Gasteiger partial charge in [-0.25, -0.2) is 4.90 Å². The highest BCUT2D eigenvalue weighted by Crippen LogP contribution is 2.19. The first-order chi connectivity index (χ1) is 9.66. The molecule has 5 nitrogen and oxygen atoms in total. The predicted molar refractivity (Wildman–Crippen MR) is 71.8 cm³/mol. The lowest BCUT2D eigenvalue weighted by Crippen LogP contribution is -2.44. The first-order valence-electron chi connectivity index (χ1n) is 6.42. The van der Waals surface area contributed by atoms with Gasteiger partial charge in [0.15, 0.2) is 0 Å². The molecule has 0 aliphatic carbocycles. The van der Waals surface area contributed by atoms with Crippen LogP contribution in [0, 0.1) is 0 Å². The summed E-state index contributed by atoms with van der Waals surface area (Å²) in [6, 6.07) is 8.56. The summed E-state index contributed by atoms with van der Waals surface area (Å²) in [5.41, 5.74) is 1.09. The SMILES string of the molecule is O=C1CCCC(=O)N1C(=O)c1ccc2ncccc2c1. The molecule has 1 fully saturated rings. The van der Waals surface area contributed by atoms with Gasteiger partial charge in [0.1, 0.15) is 0 Å². The van der Waals surface area contributed by atoms with Crippen LogP contribution in [0.5, 0.6) is 0 Å². The lowest BCUT2D eigenvalue weighted by atomic mass is 10.1. The minimum atomic E-state index is -0.551. The number of benzene rings is 1. The third-order valence-corrected chi connectivity index (χ3v) is 3.33. The number of imide groups is 3. The average Bonchev–Trinajstić information content (AvgIpc) is 2.46. The van der Waals surface area contributed by atoms with Crippen LogP contribution in [0.1, 0.15) is 29.6 Å². The van der Waals surface area contributed by atoms with Gasteiger partial charge in [-0.2, -0.15) is 0 Å². The van der Waals surface area contributed by atoms with Gasteiger partial charge in [-0.05, 0) is 30.7 Å². The normalized spacial score (nSPS) is 15.7. The topological polar surface area (TPSA) is 67.3 Å². The zero-order valence-electron chi connectivity index (χ0n) is 10.7. The van der Waals surface area contributed by atoms with E-state index in [1.807, 2.05) is 6.07 Å². The average molecular weight is 268 g/mol. The molecule has 0 saturated carbocycles. The van der Waals surface area contributed by atoms with Gasteiger partial charge in [-0.3, -0.25) is 19.4 Å². The molecule has 3 amide bonds. The summed E-state index contributed by atoms with van der Waals surface area (Å²) in [6.07, 6.45) is 2.67. The molecule has 100 valence electrons. The quantitative estimate of drug-likeness (QED) is 0.741. The molecule has 1 aromatic carbocycles. The van der Waals surface area contributed by atoms with Crippen LogP contribution in [0.3, 0.4) is 0 Å². The van der Waals surface area contributed by atoms with Crippen molar-refractivity contribution < 1.29 is 14.4 Å². The summed E-state index contributed by atoms with van der Waals surface area (Å²) in [6.45, 7) is 0. The van der Waals surface area contributed by atoms with E-state index in [1.54, 1.807) is 30.5 Å². The van der Waals surface area contributed by atoms with Gasteiger partial charge in [0, 0.05) is 30.0 Å². The predicted octanol–water partition coefficient (Wildman–Crippen LogP) is 1.91. The number of rotatable bonds is 1. The van der Waals surface area contributed by atoms with Crippen molar-refractivity contribution in [2.24, 2.45) is 0 Å². The molecular weight excluding hydrogens is 256 g/mol. The van der Waals surface area contributed by atoms with Crippen molar-refractivity contribution in [1.29, 1.82) is 0 Å². The zero-order chi connectivity index (χ0) is 14.1. The third-order valence-electron chi connectivity index (χ3n) is 3.33. The monoisotopic (exact) mass is 268 g/mol. The second-order valence-electron chi connectivity index (χ2n) is 4.69. The molecule has 0 spiro atoms. The number of fused-ring (bicyclic) bond motifs is 1. The molecule has 20 heavy (non-hydrogen) atoms. The Morgan fingerprint density at radius 1 is 1.10 bits per heavy atom. The van der Waals surface area contributed by atoms with Gasteiger partial charge in [-0.1, -0.05) is 6.07 Å². The first kappa shape index (κ1) is 12.5. The number of likely N-dealkylation sites (tertiary alicyclic amines) is 1. The van der Waals surface area contributed by atoms with Crippen LogP contribution in [-0.4, -0.2) is 27.6 Å². The number of aromatic nitrogens is 1. The summed E-state index contributed by atoms with van der Waals surface area (Å²) < 4.78 is 0. The van der Waals surface area contributed by atoms with Gasteiger partial charge < -0.3 is 0 Å². The fraction of sp³-hybridized carbons (Fsp3) is 0.200. The third kappa shape index (κ3) is 2.07. The molecule has 5 heteroatoms. The minimum Gasteiger partial charge on any atom is -0.274 e. The molecule has 2 aromatic rings. The van der Waals surface area contributed by atoms with Crippen molar-refractivity contribution in [2.75, 3.05) is 0 Å². The molecule has 0 bridgehead atoms. The van der Waals surface area contributed by atoms with E-state index in [0.29, 0.717) is 12.0 Å². The van der Waals surface area contributed by atoms with Gasteiger partial charge in [0.05, 0.1) is 5.52 Å². The fourth-order valence-corrected chi connectivity index (χ4v) is 2.32. The van der Waals surface area contributed by atoms with E-state index in [4.69, 9.17) is 0 Å². The Hall–Kier alpha value is -2.56. The molecule has 1 aromatic heterocycles. The number of pyridine rings is 1. The number of hydrogen-bond donors (Lipinski definition) is 0. The number of carbonyl (C=O) groups excluding carboxylic acids is 3. The van der Waals surface area contributed by atoms with E-state index in [2.05, 4.69) is 4.98 Å². The molecule has 3 rings (SSSR count). The van der Waals surface area contributed by atoms with Gasteiger partial charge >= 0.3 is 0 Å². The highest BCUT2D eigenvalue weighted by atomic mass is 16.2. The van der Waals surface area contributed by atoms with Crippen LogP contribution < -0.4 is 0 Å². The molecule has 0 atom stereocenters. The largest absolute Gasteiger partial charge is 0.274 e. The highest BCUT2D eigenvalue weighted by molar-refractivity contribution is 6.17. The molecular formula is C15H12N2O3. The van der Waals surface area contributed by atoms with E-state index in [-0.39, 0.29) is 12.8 Å². The van der Waals surface area contributed by atoms with Crippen LogP contribution in [0.2, 0.25) is 0 Å². The van der Waals surface area contributed by atoms with Crippen molar-refractivity contribution in [2.45, 2.75) is 19.3 Å². The molecule has 0 radical (unpaired) electrons. The molecule has 1 aliphatic rings. The summed E-state index contributed by atoms with van der Waals surface area (Å²) >= 11 is 0. The lowest BCUT2D eigenvalue weighted by molar-refractivity contribution is -0.144. The van der Waals surface area contributed by atoms with Crippen LogP contribution >= 0.6 is 0 Å². The van der Waals surface area contributed by atoms with Crippen LogP contribution in [-0.2, 0) is 9.59 Å². The Bertz CT molecular complexity index is 708. The maximum atomic E-state index is 12.3. The van der Waals surface area contributed by atoms with Crippen molar-refractivity contribution in [3.8, 4) is 0 Å². The Morgan fingerprint density at radius 3 is 2.60 bits per heavy atom. The number of hydrogen-bond acceptors (Lipinski definition) is 4. The van der Waals surface area contributed by atoms with Crippen molar-refractivity contribution in [1.82, 2.24) is 9.88 Å². The molecule has 0 unspecified atom stereocenters. The number of nitrogens with zero attached hydrogens (tertiary/aromatic N) is 2. The van der Waals surface area contributed by atoms with Crippen molar-refractivity contribution in [3.63, 3.8) is 0 Å². The number of amides is 3. The van der Waals surface area contributed by atoms with Gasteiger partial charge in [0.2, 0.25) is 11.8 Å². The Labute approximate surface area is 115 Å². The van der Waals surface area contributed by atoms with Crippen LogP contribution in [0.4, 0.5) is 0 Å². The van der Waals surface area contributed by atoms with E-state index in [0.717, 1.165) is 15.8 Å². The van der Waals surface area contributed by atoms with E-state index < -0.39 is 17.7 Å². The fourth-order valence-electron chi connectivity index (χ4n) is 2.32. The maximum absolute atomic E-state index is 12.3. The maximum Gasteiger partial charge on any atom is 0.267 e. The molecule has 0 N–H and O–H groups in total. The Balaban J connectivity index is 1.99. The Kier molecular flexibility index (Phi) is 3.02. The second kappa shape index (κ2) is 4.85. The van der Waals surface area contributed by atoms with Crippen molar-refractivity contribution >= 4 is 28.6 Å². The summed E-state index contributed by atoms with van der Waals surface area (Å²) in [7, 11) is 0. The standard InChI is InChI=1S/C15H12N2O3/c18-13-4-1-5-14(19)17(13)15(20)11-6-7-12-10(9-11)3-2-8-16-12/h2-3,6-9H,1,4-5H2. The van der Waals surface area contributed by atoms with E-state index >= 15 is 0 Å². The molecule has 1 aliphatic heterocycles. The Morgan fingerprint density at radius 2 is 1.85 bits per heavy atom. The van der Waals surface area contributed by atoms with Crippen molar-refractivity contribution in [3.05, 3.63) is 42.1 Å².